The van der Waals surface area contributed by atoms with E-state index < -0.39 is 0 Å². The molecule has 2 fully saturated rings. The van der Waals surface area contributed by atoms with Crippen molar-refractivity contribution in [3.8, 4) is 11.4 Å². The Kier molecular flexibility index (Phi) is 4.39. The minimum atomic E-state index is 0.465. The van der Waals surface area contributed by atoms with Gasteiger partial charge in [-0.3, -0.25) is 4.98 Å². The number of hydrogen-bond acceptors (Lipinski definition) is 4. The van der Waals surface area contributed by atoms with Gasteiger partial charge in [-0.2, -0.15) is 0 Å². The Balaban J connectivity index is 1.40. The molecule has 2 aromatic rings. The summed E-state index contributed by atoms with van der Waals surface area (Å²) >= 11 is 0. The van der Waals surface area contributed by atoms with E-state index in [0.29, 0.717) is 12.1 Å². The highest BCUT2D eigenvalue weighted by Crippen LogP contribution is 2.28. The number of rotatable bonds is 4. The molecule has 0 N–H and O–H groups in total. The first-order chi connectivity index (χ1) is 11.4. The molecule has 2 aliphatic heterocycles. The van der Waals surface area contributed by atoms with Crippen molar-refractivity contribution in [3.05, 3.63) is 36.9 Å². The second kappa shape index (κ2) is 6.81. The summed E-state index contributed by atoms with van der Waals surface area (Å²) in [5, 5.41) is 0. The fourth-order valence-corrected chi connectivity index (χ4v) is 3.79. The second-order valence-electron chi connectivity index (χ2n) is 6.56. The van der Waals surface area contributed by atoms with Crippen LogP contribution in [0.4, 0.5) is 0 Å². The molecule has 5 nitrogen and oxygen atoms in total. The predicted molar refractivity (Wildman–Crippen MR) is 89.1 cm³/mol. The van der Waals surface area contributed by atoms with Gasteiger partial charge in [0.15, 0.2) is 0 Å². The highest BCUT2D eigenvalue weighted by Gasteiger charge is 2.25. The Morgan fingerprint density at radius 2 is 1.91 bits per heavy atom. The minimum Gasteiger partial charge on any atom is -0.377 e. The lowest BCUT2D eigenvalue weighted by molar-refractivity contribution is 0.0608. The third-order valence-corrected chi connectivity index (χ3v) is 5.04. The first kappa shape index (κ1) is 14.8. The van der Waals surface area contributed by atoms with Crippen LogP contribution in [0, 0.1) is 0 Å². The van der Waals surface area contributed by atoms with Crippen LogP contribution in [0.15, 0.2) is 36.9 Å². The van der Waals surface area contributed by atoms with E-state index in [-0.39, 0.29) is 0 Å². The van der Waals surface area contributed by atoms with Gasteiger partial charge < -0.3 is 14.2 Å². The number of imidazole rings is 1. The summed E-state index contributed by atoms with van der Waals surface area (Å²) in [4.78, 5) is 11.2. The zero-order valence-corrected chi connectivity index (χ0v) is 13.5. The molecule has 4 heterocycles. The maximum Gasteiger partial charge on any atom is 0.140 e. The van der Waals surface area contributed by atoms with Crippen molar-refractivity contribution in [2.75, 3.05) is 26.2 Å². The molecule has 0 aromatic carbocycles. The fraction of sp³-hybridized carbons (Fsp3) is 0.556. The van der Waals surface area contributed by atoms with E-state index >= 15 is 0 Å². The van der Waals surface area contributed by atoms with Gasteiger partial charge >= 0.3 is 0 Å². The van der Waals surface area contributed by atoms with Crippen molar-refractivity contribution < 1.29 is 4.74 Å². The Labute approximate surface area is 137 Å². The first-order valence-corrected chi connectivity index (χ1v) is 8.67. The van der Waals surface area contributed by atoms with Crippen LogP contribution >= 0.6 is 0 Å². The number of aromatic nitrogens is 3. The van der Waals surface area contributed by atoms with Crippen molar-refractivity contribution in [2.24, 2.45) is 0 Å². The molecule has 0 bridgehead atoms. The van der Waals surface area contributed by atoms with Gasteiger partial charge in [-0.05, 0) is 37.8 Å². The zero-order chi connectivity index (χ0) is 15.5. The molecule has 0 amide bonds. The first-order valence-electron chi connectivity index (χ1n) is 8.67. The molecule has 122 valence electrons. The average Bonchev–Trinajstić information content (AvgIpc) is 3.28. The summed E-state index contributed by atoms with van der Waals surface area (Å²) in [6.45, 7) is 4.36. The van der Waals surface area contributed by atoms with Crippen molar-refractivity contribution in [1.29, 1.82) is 0 Å². The zero-order valence-electron chi connectivity index (χ0n) is 13.5. The summed E-state index contributed by atoms with van der Waals surface area (Å²) in [6.07, 6.45) is 13.0. The van der Waals surface area contributed by atoms with E-state index in [1.807, 2.05) is 30.7 Å². The van der Waals surface area contributed by atoms with Gasteiger partial charge in [0.2, 0.25) is 0 Å². The van der Waals surface area contributed by atoms with Gasteiger partial charge in [-0.1, -0.05) is 0 Å². The molecular formula is C18H24N4O. The summed E-state index contributed by atoms with van der Waals surface area (Å²) in [5.74, 6) is 1.06. The Bertz CT molecular complexity index is 613. The molecule has 2 aliphatic rings. The molecule has 1 unspecified atom stereocenters. The van der Waals surface area contributed by atoms with E-state index in [0.717, 1.165) is 37.6 Å². The summed E-state index contributed by atoms with van der Waals surface area (Å²) < 4.78 is 8.11. The number of pyridine rings is 1. The van der Waals surface area contributed by atoms with Crippen LogP contribution in [0.1, 0.15) is 31.7 Å². The van der Waals surface area contributed by atoms with Crippen LogP contribution in [0.5, 0.6) is 0 Å². The molecular weight excluding hydrogens is 288 g/mol. The Morgan fingerprint density at radius 3 is 2.65 bits per heavy atom. The molecule has 23 heavy (non-hydrogen) atoms. The normalized spacial score (nSPS) is 23.4. The number of ether oxygens (including phenoxy) is 1. The standard InChI is InChI=1S/C18H24N4O/c1-2-17(23-13-1)14-21-10-5-16(6-11-21)22-12-9-20-18(22)15-3-7-19-8-4-15/h3-4,7-9,12,16-17H,1-2,5-6,10-11,13-14H2. The van der Waals surface area contributed by atoms with Gasteiger partial charge in [0, 0.05) is 62.6 Å². The Morgan fingerprint density at radius 1 is 1.09 bits per heavy atom. The Hall–Kier alpha value is -1.72. The van der Waals surface area contributed by atoms with Crippen molar-refractivity contribution in [3.63, 3.8) is 0 Å². The smallest absolute Gasteiger partial charge is 0.140 e. The van der Waals surface area contributed by atoms with Gasteiger partial charge in [0.1, 0.15) is 5.82 Å². The molecule has 0 radical (unpaired) electrons. The highest BCUT2D eigenvalue weighted by molar-refractivity contribution is 5.54. The van der Waals surface area contributed by atoms with Crippen molar-refractivity contribution >= 4 is 0 Å². The van der Waals surface area contributed by atoms with Crippen LogP contribution in [0.2, 0.25) is 0 Å². The van der Waals surface area contributed by atoms with Crippen LogP contribution in [0.3, 0.4) is 0 Å². The number of piperidine rings is 1. The topological polar surface area (TPSA) is 43.2 Å². The maximum atomic E-state index is 5.77. The number of likely N-dealkylation sites (tertiary alicyclic amines) is 1. The molecule has 0 spiro atoms. The molecule has 4 rings (SSSR count). The predicted octanol–water partition coefficient (Wildman–Crippen LogP) is 2.76. The van der Waals surface area contributed by atoms with Gasteiger partial charge in [0.25, 0.3) is 0 Å². The number of nitrogens with zero attached hydrogens (tertiary/aromatic N) is 4. The molecule has 0 saturated carbocycles. The highest BCUT2D eigenvalue weighted by atomic mass is 16.5. The lowest BCUT2D eigenvalue weighted by Gasteiger charge is -2.34. The fourth-order valence-electron chi connectivity index (χ4n) is 3.79. The van der Waals surface area contributed by atoms with Crippen LogP contribution in [0.25, 0.3) is 11.4 Å². The summed E-state index contributed by atoms with van der Waals surface area (Å²) in [5.41, 5.74) is 1.15. The van der Waals surface area contributed by atoms with E-state index in [9.17, 15) is 0 Å². The molecule has 1 atom stereocenters. The monoisotopic (exact) mass is 312 g/mol. The van der Waals surface area contributed by atoms with E-state index in [1.54, 1.807) is 0 Å². The SMILES string of the molecule is c1cc(-c2nccn2C2CCN(CC3CCCO3)CC2)ccn1. The molecule has 2 aromatic heterocycles. The number of hydrogen-bond donors (Lipinski definition) is 0. The molecule has 5 heteroatoms. The summed E-state index contributed by atoms with van der Waals surface area (Å²) in [6, 6.07) is 4.61. The third kappa shape index (κ3) is 3.31. The molecule has 0 aliphatic carbocycles. The van der Waals surface area contributed by atoms with Crippen molar-refractivity contribution in [2.45, 2.75) is 37.8 Å². The molecule has 2 saturated heterocycles. The quantitative estimate of drug-likeness (QED) is 0.871. The van der Waals surface area contributed by atoms with Crippen molar-refractivity contribution in [1.82, 2.24) is 19.4 Å². The van der Waals surface area contributed by atoms with E-state index in [4.69, 9.17) is 4.74 Å². The maximum absolute atomic E-state index is 5.77. The van der Waals surface area contributed by atoms with Gasteiger partial charge in [0.05, 0.1) is 6.10 Å². The largest absolute Gasteiger partial charge is 0.377 e. The second-order valence-corrected chi connectivity index (χ2v) is 6.56. The average molecular weight is 312 g/mol. The third-order valence-electron chi connectivity index (χ3n) is 5.04. The van der Waals surface area contributed by atoms with Gasteiger partial charge in [-0.25, -0.2) is 4.98 Å². The summed E-state index contributed by atoms with van der Waals surface area (Å²) in [7, 11) is 0. The lowest BCUT2D eigenvalue weighted by atomic mass is 10.0. The van der Waals surface area contributed by atoms with Crippen LogP contribution < -0.4 is 0 Å². The van der Waals surface area contributed by atoms with Crippen LogP contribution in [-0.4, -0.2) is 51.8 Å². The van der Waals surface area contributed by atoms with Gasteiger partial charge in [-0.15, -0.1) is 0 Å². The van der Waals surface area contributed by atoms with Crippen LogP contribution in [-0.2, 0) is 4.74 Å². The minimum absolute atomic E-state index is 0.465. The van der Waals surface area contributed by atoms with E-state index in [2.05, 4.69) is 25.6 Å². The lowest BCUT2D eigenvalue weighted by Crippen LogP contribution is -2.39. The van der Waals surface area contributed by atoms with E-state index in [1.165, 1.54) is 25.7 Å².